The Morgan fingerprint density at radius 3 is 3.00 bits per heavy atom. The van der Waals surface area contributed by atoms with Gasteiger partial charge in [-0.05, 0) is 12.0 Å². The number of hydrogen-bond donors (Lipinski definition) is 0. The van der Waals surface area contributed by atoms with Gasteiger partial charge in [0, 0.05) is 18.0 Å². The van der Waals surface area contributed by atoms with Crippen LogP contribution in [0.25, 0.3) is 0 Å². The van der Waals surface area contributed by atoms with E-state index >= 15 is 0 Å². The first-order valence-corrected chi connectivity index (χ1v) is 4.72. The summed E-state index contributed by atoms with van der Waals surface area (Å²) in [6.45, 7) is 4.42. The highest BCUT2D eigenvalue weighted by molar-refractivity contribution is 7.99. The van der Waals surface area contributed by atoms with Gasteiger partial charge in [0.15, 0.2) is 0 Å². The average molecular weight is 166 g/mol. The van der Waals surface area contributed by atoms with Gasteiger partial charge in [-0.2, -0.15) is 0 Å². The molecule has 0 spiro atoms. The monoisotopic (exact) mass is 166 g/mol. The molecule has 1 radical (unpaired) electrons. The van der Waals surface area contributed by atoms with E-state index in [0.29, 0.717) is 0 Å². The van der Waals surface area contributed by atoms with Crippen molar-refractivity contribution in [2.24, 2.45) is 5.92 Å². The lowest BCUT2D eigenvalue weighted by Crippen LogP contribution is -1.90. The molecule has 0 fully saturated rings. The number of nitrogens with zero attached hydrogens (tertiary/aromatic N) is 1. The minimum absolute atomic E-state index is 0.728. The quantitative estimate of drug-likeness (QED) is 0.640. The first kappa shape index (κ1) is 8.60. The molecule has 0 unspecified atom stereocenters. The van der Waals surface area contributed by atoms with Gasteiger partial charge in [0.25, 0.3) is 0 Å². The van der Waals surface area contributed by atoms with Crippen LogP contribution in [0, 0.1) is 12.0 Å². The van der Waals surface area contributed by atoms with Crippen LogP contribution in [0.1, 0.15) is 13.8 Å². The summed E-state index contributed by atoms with van der Waals surface area (Å²) in [7, 11) is 0. The van der Waals surface area contributed by atoms with Crippen molar-refractivity contribution in [1.82, 2.24) is 4.98 Å². The zero-order valence-corrected chi connectivity index (χ0v) is 7.69. The Morgan fingerprint density at radius 2 is 2.45 bits per heavy atom. The van der Waals surface area contributed by atoms with Gasteiger partial charge in [-0.3, -0.25) is 0 Å². The van der Waals surface area contributed by atoms with Gasteiger partial charge in [0.2, 0.25) is 0 Å². The van der Waals surface area contributed by atoms with Crippen LogP contribution in [0.3, 0.4) is 0 Å². The van der Waals surface area contributed by atoms with Crippen LogP contribution in [0.5, 0.6) is 0 Å². The Labute approximate surface area is 72.2 Å². The normalized spacial score (nSPS) is 10.5. The van der Waals surface area contributed by atoms with Crippen molar-refractivity contribution < 1.29 is 0 Å². The van der Waals surface area contributed by atoms with Crippen LogP contribution in [0.15, 0.2) is 23.4 Å². The van der Waals surface area contributed by atoms with Gasteiger partial charge in [0.1, 0.15) is 0 Å². The molecule has 1 heterocycles. The molecule has 0 N–H and O–H groups in total. The van der Waals surface area contributed by atoms with Crippen molar-refractivity contribution in [3.63, 3.8) is 0 Å². The molecule has 1 aromatic rings. The standard InChI is InChI=1S/C9H12NS/c1-8(2)7-11-9-5-3-4-6-10-9/h3,5-6,8H,7H2,1-2H3. The van der Waals surface area contributed by atoms with Gasteiger partial charge in [-0.1, -0.05) is 19.9 Å². The molecule has 0 saturated carbocycles. The summed E-state index contributed by atoms with van der Waals surface area (Å²) < 4.78 is 0. The highest BCUT2D eigenvalue weighted by atomic mass is 32.2. The summed E-state index contributed by atoms with van der Waals surface area (Å²) in [6.07, 6.45) is 1.71. The van der Waals surface area contributed by atoms with Gasteiger partial charge < -0.3 is 0 Å². The van der Waals surface area contributed by atoms with Crippen LogP contribution < -0.4 is 0 Å². The second-order valence-corrected chi connectivity index (χ2v) is 3.84. The minimum Gasteiger partial charge on any atom is -0.249 e. The van der Waals surface area contributed by atoms with E-state index in [1.807, 2.05) is 12.1 Å². The molecule has 0 atom stereocenters. The molecule has 59 valence electrons. The summed E-state index contributed by atoms with van der Waals surface area (Å²) in [4.78, 5) is 4.16. The van der Waals surface area contributed by atoms with Crippen molar-refractivity contribution >= 4 is 11.8 Å². The molecule has 11 heavy (non-hydrogen) atoms. The Kier molecular flexibility index (Phi) is 3.43. The largest absolute Gasteiger partial charge is 0.249 e. The molecule has 0 aliphatic rings. The van der Waals surface area contributed by atoms with Gasteiger partial charge in [-0.15, -0.1) is 11.8 Å². The fourth-order valence-corrected chi connectivity index (χ4v) is 1.44. The fourth-order valence-electron chi connectivity index (χ4n) is 0.644. The molecule has 0 saturated heterocycles. The molecule has 0 bridgehead atoms. The summed E-state index contributed by atoms with van der Waals surface area (Å²) >= 11 is 1.80. The number of rotatable bonds is 3. The minimum atomic E-state index is 0.728. The molecule has 0 amide bonds. The maximum Gasteiger partial charge on any atom is 0.0960 e. The Morgan fingerprint density at radius 1 is 1.64 bits per heavy atom. The van der Waals surface area contributed by atoms with E-state index < -0.39 is 0 Å². The second kappa shape index (κ2) is 4.39. The van der Waals surface area contributed by atoms with E-state index in [1.54, 1.807) is 18.0 Å². The lowest BCUT2D eigenvalue weighted by molar-refractivity contribution is 0.749. The predicted molar refractivity (Wildman–Crippen MR) is 48.6 cm³/mol. The number of aromatic nitrogens is 1. The SMILES string of the molecule is CC(C)CSc1cc[c]cn1. The molecule has 0 aromatic carbocycles. The van der Waals surface area contributed by atoms with E-state index in [4.69, 9.17) is 0 Å². The van der Waals surface area contributed by atoms with Crippen molar-refractivity contribution in [3.8, 4) is 0 Å². The first-order chi connectivity index (χ1) is 5.29. The molecule has 0 aliphatic heterocycles. The topological polar surface area (TPSA) is 12.9 Å². The smallest absolute Gasteiger partial charge is 0.0960 e. The Bertz CT molecular complexity index is 196. The third kappa shape index (κ3) is 3.42. The van der Waals surface area contributed by atoms with Crippen molar-refractivity contribution in [1.29, 1.82) is 0 Å². The number of pyridine rings is 1. The predicted octanol–water partition coefficient (Wildman–Crippen LogP) is 2.63. The number of thioether (sulfide) groups is 1. The molecule has 2 heteroatoms. The van der Waals surface area contributed by atoms with Crippen LogP contribution in [-0.2, 0) is 0 Å². The van der Waals surface area contributed by atoms with E-state index in [9.17, 15) is 0 Å². The second-order valence-electron chi connectivity index (χ2n) is 2.80. The lowest BCUT2D eigenvalue weighted by Gasteiger charge is -2.01. The molecule has 1 nitrogen and oxygen atoms in total. The van der Waals surface area contributed by atoms with E-state index in [1.165, 1.54) is 0 Å². The summed E-state index contributed by atoms with van der Waals surface area (Å²) in [5, 5.41) is 1.09. The van der Waals surface area contributed by atoms with E-state index in [2.05, 4.69) is 24.9 Å². The van der Waals surface area contributed by atoms with Crippen LogP contribution in [0.2, 0.25) is 0 Å². The molecule has 1 rings (SSSR count). The van der Waals surface area contributed by atoms with Crippen molar-refractivity contribution in [3.05, 3.63) is 24.4 Å². The maximum atomic E-state index is 4.16. The van der Waals surface area contributed by atoms with E-state index in [0.717, 1.165) is 16.7 Å². The molecular weight excluding hydrogens is 154 g/mol. The van der Waals surface area contributed by atoms with Crippen molar-refractivity contribution in [2.75, 3.05) is 5.75 Å². The highest BCUT2D eigenvalue weighted by Gasteiger charge is 1.96. The summed E-state index contributed by atoms with van der Waals surface area (Å²) in [5.74, 6) is 1.86. The summed E-state index contributed by atoms with van der Waals surface area (Å²) in [5.41, 5.74) is 0. The van der Waals surface area contributed by atoms with Crippen molar-refractivity contribution in [2.45, 2.75) is 18.9 Å². The third-order valence-electron chi connectivity index (χ3n) is 1.15. The zero-order valence-electron chi connectivity index (χ0n) is 6.87. The first-order valence-electron chi connectivity index (χ1n) is 3.74. The molecule has 1 aromatic heterocycles. The Balaban J connectivity index is 2.39. The highest BCUT2D eigenvalue weighted by Crippen LogP contribution is 2.16. The third-order valence-corrected chi connectivity index (χ3v) is 2.52. The van der Waals surface area contributed by atoms with Crippen LogP contribution >= 0.6 is 11.8 Å². The molecule has 0 aliphatic carbocycles. The molecular formula is C9H12NS. The maximum absolute atomic E-state index is 4.16. The Hall–Kier alpha value is -0.500. The van der Waals surface area contributed by atoms with Crippen LogP contribution in [-0.4, -0.2) is 10.7 Å². The lowest BCUT2D eigenvalue weighted by atomic mass is 10.3. The number of hydrogen-bond acceptors (Lipinski definition) is 2. The zero-order chi connectivity index (χ0) is 8.10. The van der Waals surface area contributed by atoms with Gasteiger partial charge >= 0.3 is 0 Å². The van der Waals surface area contributed by atoms with Gasteiger partial charge in [-0.25, -0.2) is 4.98 Å². The van der Waals surface area contributed by atoms with Gasteiger partial charge in [0.05, 0.1) is 5.03 Å². The summed E-state index contributed by atoms with van der Waals surface area (Å²) in [6, 6.07) is 6.79. The van der Waals surface area contributed by atoms with Crippen LogP contribution in [0.4, 0.5) is 0 Å². The fraction of sp³-hybridized carbons (Fsp3) is 0.444. The van der Waals surface area contributed by atoms with E-state index in [-0.39, 0.29) is 0 Å². The average Bonchev–Trinajstić information content (AvgIpc) is 2.03.